The first kappa shape index (κ1) is 34.0. The monoisotopic (exact) mass is 662 g/mol. The number of hydrogen-bond acceptors (Lipinski definition) is 8. The van der Waals surface area contributed by atoms with Crippen LogP contribution in [0, 0.1) is 11.6 Å². The first-order chi connectivity index (χ1) is 23.1. The van der Waals surface area contributed by atoms with Gasteiger partial charge in [0.15, 0.2) is 29.0 Å². The average Bonchev–Trinajstić information content (AvgIpc) is 3.52. The normalized spacial score (nSPS) is 15.2. The van der Waals surface area contributed by atoms with E-state index < -0.39 is 17.7 Å². The van der Waals surface area contributed by atoms with Crippen LogP contribution in [0.2, 0.25) is 0 Å². The van der Waals surface area contributed by atoms with Crippen molar-refractivity contribution in [1.82, 2.24) is 24.6 Å². The number of imidazole rings is 1. The quantitative estimate of drug-likeness (QED) is 0.0862. The highest BCUT2D eigenvalue weighted by molar-refractivity contribution is 5.96. The van der Waals surface area contributed by atoms with Gasteiger partial charge in [0.05, 0.1) is 25.0 Å². The second kappa shape index (κ2) is 15.1. The van der Waals surface area contributed by atoms with Crippen LogP contribution in [0.5, 0.6) is 5.75 Å². The number of methoxy groups -OCH3 is 1. The van der Waals surface area contributed by atoms with E-state index in [0.717, 1.165) is 18.4 Å². The molecule has 8 N–H and O–H groups in total. The Balaban J connectivity index is 1.26. The van der Waals surface area contributed by atoms with E-state index in [0.29, 0.717) is 67.3 Å². The Bertz CT molecular complexity index is 1820. The van der Waals surface area contributed by atoms with Crippen LogP contribution in [0.1, 0.15) is 48.5 Å². The van der Waals surface area contributed by atoms with Crippen LogP contribution in [0.25, 0.3) is 16.9 Å². The summed E-state index contributed by atoms with van der Waals surface area (Å²) >= 11 is 0. The number of carbonyl (C=O) groups is 2. The van der Waals surface area contributed by atoms with Crippen molar-refractivity contribution in [1.29, 1.82) is 0 Å². The molecule has 2 aromatic heterocycles. The Morgan fingerprint density at radius 3 is 2.73 bits per heavy atom. The number of likely N-dealkylation sites (tertiary alicyclic amines) is 1. The molecule has 1 fully saturated rings. The molecule has 0 bridgehead atoms. The van der Waals surface area contributed by atoms with Gasteiger partial charge in [-0.25, -0.2) is 14.4 Å². The lowest BCUT2D eigenvalue weighted by molar-refractivity contribution is -0.134. The zero-order valence-electron chi connectivity index (χ0n) is 26.9. The third kappa shape index (κ3) is 7.46. The van der Waals surface area contributed by atoms with Gasteiger partial charge in [0.2, 0.25) is 11.7 Å². The summed E-state index contributed by atoms with van der Waals surface area (Å²) in [5, 5.41) is 6.34. The fourth-order valence-electron chi connectivity index (χ4n) is 5.85. The number of nitrogens with zero attached hydrogens (tertiary/aromatic N) is 5. The zero-order chi connectivity index (χ0) is 34.4. The van der Waals surface area contributed by atoms with E-state index in [4.69, 9.17) is 21.9 Å². The van der Waals surface area contributed by atoms with Crippen LogP contribution < -0.4 is 32.6 Å². The maximum Gasteiger partial charge on any atom is 0.251 e. The Hall–Kier alpha value is -5.31. The van der Waals surface area contributed by atoms with Gasteiger partial charge in [-0.3, -0.25) is 19.0 Å². The molecule has 2 aromatic carbocycles. The van der Waals surface area contributed by atoms with Gasteiger partial charge in [0.1, 0.15) is 0 Å². The fourth-order valence-corrected chi connectivity index (χ4v) is 5.85. The van der Waals surface area contributed by atoms with Gasteiger partial charge in [-0.05, 0) is 68.0 Å². The predicted molar refractivity (Wildman–Crippen MR) is 179 cm³/mol. The number of ether oxygens (including phenoxy) is 1. The number of guanidine groups is 1. The lowest BCUT2D eigenvalue weighted by Crippen LogP contribution is -2.53. The number of aliphatic imine (C=N–C) groups is 1. The van der Waals surface area contributed by atoms with E-state index in [1.165, 1.54) is 31.6 Å². The molecule has 4 aromatic rings. The number of nitrogens with two attached hydrogens (primary N) is 3. The molecule has 15 heteroatoms. The van der Waals surface area contributed by atoms with Gasteiger partial charge in [0, 0.05) is 54.9 Å². The molecule has 0 spiro atoms. The molecule has 0 radical (unpaired) electrons. The molecule has 1 aliphatic rings. The molecule has 1 saturated heterocycles. The molecule has 0 saturated carbocycles. The van der Waals surface area contributed by atoms with Crippen LogP contribution in [0.4, 0.5) is 20.3 Å². The van der Waals surface area contributed by atoms with Crippen molar-refractivity contribution < 1.29 is 23.1 Å². The minimum absolute atomic E-state index is 0.00359. The number of anilines is 2. The van der Waals surface area contributed by atoms with E-state index in [1.54, 1.807) is 27.6 Å². The molecule has 0 aliphatic carbocycles. The second-order valence-electron chi connectivity index (χ2n) is 11.6. The molecule has 2 amide bonds. The smallest absolute Gasteiger partial charge is 0.251 e. The van der Waals surface area contributed by atoms with Gasteiger partial charge in [0.25, 0.3) is 5.91 Å². The first-order valence-electron chi connectivity index (χ1n) is 15.8. The average molecular weight is 663 g/mol. The van der Waals surface area contributed by atoms with Crippen molar-refractivity contribution in [3.63, 3.8) is 0 Å². The number of halogens is 2. The van der Waals surface area contributed by atoms with E-state index in [1.807, 2.05) is 13.0 Å². The Morgan fingerprint density at radius 1 is 1.17 bits per heavy atom. The van der Waals surface area contributed by atoms with Crippen molar-refractivity contribution in [2.24, 2.45) is 22.2 Å². The zero-order valence-corrected chi connectivity index (χ0v) is 26.9. The van der Waals surface area contributed by atoms with Crippen LogP contribution in [-0.4, -0.2) is 75.9 Å². The molecule has 48 heavy (non-hydrogen) atoms. The summed E-state index contributed by atoms with van der Waals surface area (Å²) in [5.74, 6) is -2.32. The summed E-state index contributed by atoms with van der Waals surface area (Å²) < 4.78 is 35.8. The molecule has 13 nitrogen and oxygen atoms in total. The summed E-state index contributed by atoms with van der Waals surface area (Å²) in [6, 6.07) is 7.27. The Morgan fingerprint density at radius 2 is 1.98 bits per heavy atom. The first-order valence-corrected chi connectivity index (χ1v) is 15.8. The highest BCUT2D eigenvalue weighted by Crippen LogP contribution is 2.32. The highest BCUT2D eigenvalue weighted by Gasteiger charge is 2.28. The predicted octanol–water partition coefficient (Wildman–Crippen LogP) is 3.09. The number of rotatable bonds is 12. The van der Waals surface area contributed by atoms with Crippen molar-refractivity contribution in [2.75, 3.05) is 32.1 Å². The van der Waals surface area contributed by atoms with Gasteiger partial charge >= 0.3 is 0 Å². The Kier molecular flexibility index (Phi) is 10.7. The number of benzene rings is 2. The van der Waals surface area contributed by atoms with E-state index in [2.05, 4.69) is 25.6 Å². The number of amides is 2. The van der Waals surface area contributed by atoms with E-state index >= 15 is 0 Å². The summed E-state index contributed by atoms with van der Waals surface area (Å²) in [6.07, 6.45) is 7.69. The maximum atomic E-state index is 14.9. The molecular formula is C33H40F2N10O3. The SMILES string of the molecule is CCc1cc(Nc2nccn3c(-c4ccc(OC)c(F)c4F)cnc23)ccc1C(=O)NC1CCCN(C(=O)[C@@H](N)CCCN=C(N)N)C1. The minimum Gasteiger partial charge on any atom is -0.494 e. The van der Waals surface area contributed by atoms with Crippen LogP contribution in [0.15, 0.2) is 53.9 Å². The topological polar surface area (TPSA) is 191 Å². The number of piperidine rings is 1. The lowest BCUT2D eigenvalue weighted by atomic mass is 10.0. The van der Waals surface area contributed by atoms with Gasteiger partial charge in [-0.1, -0.05) is 6.92 Å². The van der Waals surface area contributed by atoms with Crippen LogP contribution in [0.3, 0.4) is 0 Å². The van der Waals surface area contributed by atoms with Crippen LogP contribution in [-0.2, 0) is 11.2 Å². The second-order valence-corrected chi connectivity index (χ2v) is 11.6. The Labute approximate surface area is 276 Å². The summed E-state index contributed by atoms with van der Waals surface area (Å²) in [4.78, 5) is 40.9. The maximum absolute atomic E-state index is 14.9. The van der Waals surface area contributed by atoms with Crippen molar-refractivity contribution >= 4 is 34.9 Å². The van der Waals surface area contributed by atoms with Gasteiger partial charge in [-0.2, -0.15) is 4.39 Å². The number of hydrogen-bond donors (Lipinski definition) is 5. The van der Waals surface area contributed by atoms with Gasteiger partial charge < -0.3 is 37.5 Å². The standard InChI is InChI=1S/C33H40F2N10O3/c1-3-19-16-20(42-29-30-41-17-25(45(30)15-13-39-29)23-10-11-26(48-2)28(35)27(23)34)8-9-22(19)31(46)43-21-6-5-14-44(18-21)32(47)24(36)7-4-12-40-33(37)38/h8-11,13,15-17,21,24H,3-7,12,14,18,36H2,1-2H3,(H,39,42)(H,43,46)(H4,37,38,40)/t21?,24-/m0/s1. The largest absolute Gasteiger partial charge is 0.494 e. The number of aromatic nitrogens is 3. The minimum atomic E-state index is -1.08. The molecule has 1 aliphatic heterocycles. The highest BCUT2D eigenvalue weighted by atomic mass is 19.2. The third-order valence-electron chi connectivity index (χ3n) is 8.32. The summed E-state index contributed by atoms with van der Waals surface area (Å²) in [5.41, 5.74) is 19.6. The van der Waals surface area contributed by atoms with Crippen LogP contribution >= 0.6 is 0 Å². The molecule has 2 atom stereocenters. The van der Waals surface area contributed by atoms with Crippen molar-refractivity contribution in [3.8, 4) is 17.0 Å². The third-order valence-corrected chi connectivity index (χ3v) is 8.32. The van der Waals surface area contributed by atoms with Gasteiger partial charge in [-0.15, -0.1) is 0 Å². The number of carbonyl (C=O) groups excluding carboxylic acids is 2. The van der Waals surface area contributed by atoms with E-state index in [-0.39, 0.29) is 35.1 Å². The van der Waals surface area contributed by atoms with Crippen molar-refractivity contribution in [3.05, 3.63) is 71.7 Å². The number of nitrogens with one attached hydrogen (secondary N) is 2. The van der Waals surface area contributed by atoms with Crippen molar-refractivity contribution in [2.45, 2.75) is 51.1 Å². The summed E-state index contributed by atoms with van der Waals surface area (Å²) in [6.45, 7) is 3.31. The van der Waals surface area contributed by atoms with E-state index in [9.17, 15) is 18.4 Å². The molecule has 1 unspecified atom stereocenters. The number of aryl methyl sites for hydroxylation is 1. The molecule has 254 valence electrons. The fraction of sp³-hybridized carbons (Fsp3) is 0.364. The number of fused-ring (bicyclic) bond motifs is 1. The summed E-state index contributed by atoms with van der Waals surface area (Å²) in [7, 11) is 1.27. The molecule has 3 heterocycles. The molecule has 5 rings (SSSR count). The molecular weight excluding hydrogens is 622 g/mol. The lowest BCUT2D eigenvalue weighted by Gasteiger charge is -2.34.